The highest BCUT2D eigenvalue weighted by molar-refractivity contribution is 9.10. The van der Waals surface area contributed by atoms with Gasteiger partial charge in [-0.1, -0.05) is 28.1 Å². The van der Waals surface area contributed by atoms with Gasteiger partial charge in [0.15, 0.2) is 5.75 Å². The Morgan fingerprint density at radius 1 is 1.29 bits per heavy atom. The number of rotatable bonds is 5. The zero-order chi connectivity index (χ0) is 15.4. The summed E-state index contributed by atoms with van der Waals surface area (Å²) in [5.41, 5.74) is 6.66. The quantitative estimate of drug-likeness (QED) is 0.657. The molecule has 0 saturated heterocycles. The summed E-state index contributed by atoms with van der Waals surface area (Å²) in [4.78, 5) is 10.5. The molecular weight excluding hydrogens is 343 g/mol. The second-order valence-electron chi connectivity index (χ2n) is 4.29. The Balaban J connectivity index is 2.21. The van der Waals surface area contributed by atoms with Crippen molar-refractivity contribution in [3.8, 4) is 5.75 Å². The Bertz CT molecular complexity index is 679. The van der Waals surface area contributed by atoms with E-state index in [0.717, 1.165) is 0 Å². The van der Waals surface area contributed by atoms with Crippen LogP contribution in [0.25, 0.3) is 0 Å². The van der Waals surface area contributed by atoms with Crippen molar-refractivity contribution >= 4 is 21.6 Å². The van der Waals surface area contributed by atoms with Gasteiger partial charge in [0.05, 0.1) is 4.92 Å². The molecule has 110 valence electrons. The molecule has 0 amide bonds. The summed E-state index contributed by atoms with van der Waals surface area (Å²) in [6.45, 7) is 0.300. The molecule has 0 fully saturated rings. The van der Waals surface area contributed by atoms with Gasteiger partial charge < -0.3 is 10.5 Å². The molecule has 0 unspecified atom stereocenters. The molecule has 0 aromatic heterocycles. The number of ether oxygens (including phenoxy) is 1. The van der Waals surface area contributed by atoms with Gasteiger partial charge in [-0.3, -0.25) is 10.1 Å². The maximum atomic E-state index is 13.0. The van der Waals surface area contributed by atoms with E-state index in [-0.39, 0.29) is 30.4 Å². The summed E-state index contributed by atoms with van der Waals surface area (Å²) in [5, 5.41) is 11.0. The molecular formula is C14H12BrFN2O3. The van der Waals surface area contributed by atoms with Gasteiger partial charge in [-0.25, -0.2) is 4.39 Å². The minimum atomic E-state index is -0.520. The van der Waals surface area contributed by atoms with Gasteiger partial charge in [-0.2, -0.15) is 0 Å². The summed E-state index contributed by atoms with van der Waals surface area (Å²) in [5.74, 6) is -0.225. The molecule has 0 aliphatic rings. The lowest BCUT2D eigenvalue weighted by Gasteiger charge is -2.09. The minimum Gasteiger partial charge on any atom is -0.482 e. The fourth-order valence-corrected chi connectivity index (χ4v) is 2.21. The van der Waals surface area contributed by atoms with Crippen LogP contribution >= 0.6 is 15.9 Å². The molecule has 21 heavy (non-hydrogen) atoms. The summed E-state index contributed by atoms with van der Waals surface area (Å²) in [6.07, 6.45) is 0. The third kappa shape index (κ3) is 3.77. The van der Waals surface area contributed by atoms with Crippen molar-refractivity contribution in [3.63, 3.8) is 0 Å². The van der Waals surface area contributed by atoms with Crippen LogP contribution in [0.5, 0.6) is 5.75 Å². The lowest BCUT2D eigenvalue weighted by Crippen LogP contribution is -2.02. The summed E-state index contributed by atoms with van der Waals surface area (Å²) >= 11 is 3.22. The topological polar surface area (TPSA) is 78.4 Å². The first kappa shape index (κ1) is 15.4. The number of hydrogen-bond acceptors (Lipinski definition) is 4. The van der Waals surface area contributed by atoms with E-state index in [1.54, 1.807) is 12.1 Å². The third-order valence-corrected chi connectivity index (χ3v) is 3.59. The van der Waals surface area contributed by atoms with Crippen LogP contribution in [0.4, 0.5) is 10.1 Å². The molecule has 0 radical (unpaired) electrons. The maximum Gasteiger partial charge on any atom is 0.311 e. The fourth-order valence-electron chi connectivity index (χ4n) is 1.75. The van der Waals surface area contributed by atoms with E-state index in [2.05, 4.69) is 15.9 Å². The van der Waals surface area contributed by atoms with Gasteiger partial charge in [-0.15, -0.1) is 0 Å². The highest BCUT2D eigenvalue weighted by atomic mass is 79.9. The second kappa shape index (κ2) is 6.64. The minimum absolute atomic E-state index is 0.0870. The normalized spacial score (nSPS) is 10.4. The molecule has 0 spiro atoms. The molecule has 2 aromatic carbocycles. The molecule has 2 N–H and O–H groups in total. The highest BCUT2D eigenvalue weighted by Gasteiger charge is 2.16. The van der Waals surface area contributed by atoms with Crippen molar-refractivity contribution in [1.82, 2.24) is 0 Å². The number of benzene rings is 2. The predicted molar refractivity (Wildman–Crippen MR) is 79.4 cm³/mol. The highest BCUT2D eigenvalue weighted by Crippen LogP contribution is 2.29. The molecule has 0 bridgehead atoms. The maximum absolute atomic E-state index is 13.0. The standard InChI is InChI=1S/C14H12BrFN2O3/c15-12-6-11(16)3-2-10(12)8-21-14-4-1-9(7-17)5-13(14)18(19)20/h1-6H,7-8,17H2. The first-order chi connectivity index (χ1) is 10.0. The van der Waals surface area contributed by atoms with E-state index in [4.69, 9.17) is 10.5 Å². The smallest absolute Gasteiger partial charge is 0.311 e. The van der Waals surface area contributed by atoms with Crippen LogP contribution in [0, 0.1) is 15.9 Å². The van der Waals surface area contributed by atoms with E-state index >= 15 is 0 Å². The van der Waals surface area contributed by atoms with Gasteiger partial charge in [0.2, 0.25) is 0 Å². The first-order valence-electron chi connectivity index (χ1n) is 6.05. The van der Waals surface area contributed by atoms with Crippen LogP contribution in [-0.4, -0.2) is 4.92 Å². The van der Waals surface area contributed by atoms with E-state index in [1.165, 1.54) is 24.3 Å². The molecule has 0 heterocycles. The van der Waals surface area contributed by atoms with Crippen LogP contribution < -0.4 is 10.5 Å². The van der Waals surface area contributed by atoms with Crippen molar-refractivity contribution in [2.45, 2.75) is 13.2 Å². The monoisotopic (exact) mass is 354 g/mol. The summed E-state index contributed by atoms with van der Waals surface area (Å²) < 4.78 is 19.0. The molecule has 2 aromatic rings. The number of nitro benzene ring substituents is 1. The molecule has 0 atom stereocenters. The van der Waals surface area contributed by atoms with E-state index in [1.807, 2.05) is 0 Å². The molecule has 0 saturated carbocycles. The van der Waals surface area contributed by atoms with Crippen LogP contribution in [0.2, 0.25) is 0 Å². The molecule has 2 rings (SSSR count). The molecule has 7 heteroatoms. The Labute approximate surface area is 128 Å². The number of nitrogens with two attached hydrogens (primary N) is 1. The number of nitro groups is 1. The lowest BCUT2D eigenvalue weighted by molar-refractivity contribution is -0.386. The first-order valence-corrected chi connectivity index (χ1v) is 6.84. The number of nitrogens with zero attached hydrogens (tertiary/aromatic N) is 1. The number of hydrogen-bond donors (Lipinski definition) is 1. The third-order valence-electron chi connectivity index (χ3n) is 2.85. The van der Waals surface area contributed by atoms with E-state index < -0.39 is 4.92 Å². The van der Waals surface area contributed by atoms with Crippen molar-refractivity contribution in [3.05, 3.63) is 67.9 Å². The second-order valence-corrected chi connectivity index (χ2v) is 5.14. The Morgan fingerprint density at radius 3 is 2.67 bits per heavy atom. The average molecular weight is 355 g/mol. The Hall–Kier alpha value is -1.99. The van der Waals surface area contributed by atoms with Crippen molar-refractivity contribution in [2.75, 3.05) is 0 Å². The van der Waals surface area contributed by atoms with E-state index in [9.17, 15) is 14.5 Å². The number of halogens is 2. The Morgan fingerprint density at radius 2 is 2.05 bits per heavy atom. The fraction of sp³-hybridized carbons (Fsp3) is 0.143. The van der Waals surface area contributed by atoms with Gasteiger partial charge in [-0.05, 0) is 23.8 Å². The van der Waals surface area contributed by atoms with Crippen LogP contribution in [0.3, 0.4) is 0 Å². The lowest BCUT2D eigenvalue weighted by atomic mass is 10.2. The van der Waals surface area contributed by atoms with Gasteiger partial charge in [0.1, 0.15) is 12.4 Å². The molecule has 0 aliphatic heterocycles. The van der Waals surface area contributed by atoms with Crippen LogP contribution in [0.1, 0.15) is 11.1 Å². The zero-order valence-corrected chi connectivity index (χ0v) is 12.5. The van der Waals surface area contributed by atoms with Crippen molar-refractivity contribution in [2.24, 2.45) is 5.73 Å². The van der Waals surface area contributed by atoms with Gasteiger partial charge >= 0.3 is 5.69 Å². The SMILES string of the molecule is NCc1ccc(OCc2ccc(F)cc2Br)c([N+](=O)[O-])c1. The molecule has 0 aliphatic carbocycles. The van der Waals surface area contributed by atoms with E-state index in [0.29, 0.717) is 15.6 Å². The van der Waals surface area contributed by atoms with Gasteiger partial charge in [0, 0.05) is 22.6 Å². The average Bonchev–Trinajstić information content (AvgIpc) is 2.46. The van der Waals surface area contributed by atoms with Crippen LogP contribution in [0.15, 0.2) is 40.9 Å². The largest absolute Gasteiger partial charge is 0.482 e. The summed E-state index contributed by atoms with van der Waals surface area (Å²) in [7, 11) is 0. The summed E-state index contributed by atoms with van der Waals surface area (Å²) in [6, 6.07) is 8.73. The van der Waals surface area contributed by atoms with Gasteiger partial charge in [0.25, 0.3) is 0 Å². The Kier molecular flexibility index (Phi) is 4.87. The van der Waals surface area contributed by atoms with Crippen molar-refractivity contribution in [1.29, 1.82) is 0 Å². The zero-order valence-electron chi connectivity index (χ0n) is 10.9. The van der Waals surface area contributed by atoms with Crippen LogP contribution in [-0.2, 0) is 13.2 Å². The van der Waals surface area contributed by atoms with Crippen molar-refractivity contribution < 1.29 is 14.1 Å². The predicted octanol–water partition coefficient (Wildman–Crippen LogP) is 3.53. The molecule has 5 nitrogen and oxygen atoms in total.